The zero-order valence-corrected chi connectivity index (χ0v) is 23.1. The van der Waals surface area contributed by atoms with Gasteiger partial charge in [-0.1, -0.05) is 65.3 Å². The van der Waals surface area contributed by atoms with E-state index in [0.29, 0.717) is 46.8 Å². The van der Waals surface area contributed by atoms with Gasteiger partial charge in [0.05, 0.1) is 12.8 Å². The van der Waals surface area contributed by atoms with Crippen molar-refractivity contribution in [3.8, 4) is 11.4 Å². The molecule has 0 unspecified atom stereocenters. The number of rotatable bonds is 12. The number of hydrogen-bond donors (Lipinski definition) is 1. The molecule has 0 aliphatic rings. The second-order valence-corrected chi connectivity index (χ2v) is 10.3. The molecule has 4 rings (SSSR count). The van der Waals surface area contributed by atoms with E-state index >= 15 is 0 Å². The van der Waals surface area contributed by atoms with Crippen LogP contribution in [-0.2, 0) is 23.5 Å². The molecule has 0 fully saturated rings. The van der Waals surface area contributed by atoms with Gasteiger partial charge in [0.1, 0.15) is 17.4 Å². The van der Waals surface area contributed by atoms with E-state index in [1.165, 1.54) is 23.9 Å². The number of hydrogen-bond acceptors (Lipinski definition) is 5. The lowest BCUT2D eigenvalue weighted by molar-refractivity contribution is -0.121. The summed E-state index contributed by atoms with van der Waals surface area (Å²) in [6, 6.07) is 19.5. The minimum absolute atomic E-state index is 0.0142. The number of amides is 1. The monoisotopic (exact) mass is 572 g/mol. The molecule has 0 aliphatic carbocycles. The summed E-state index contributed by atoms with van der Waals surface area (Å²) in [6.07, 6.45) is 2.51. The highest BCUT2D eigenvalue weighted by Crippen LogP contribution is 2.29. The van der Waals surface area contributed by atoms with Gasteiger partial charge in [-0.15, -0.1) is 10.2 Å². The molecule has 1 heterocycles. The average molecular weight is 574 g/mol. The maximum atomic E-state index is 13.4. The Morgan fingerprint density at radius 1 is 1.03 bits per heavy atom. The maximum absolute atomic E-state index is 13.4. The van der Waals surface area contributed by atoms with Gasteiger partial charge in [-0.3, -0.25) is 9.36 Å². The van der Waals surface area contributed by atoms with E-state index in [-0.39, 0.29) is 11.7 Å². The Kier molecular flexibility index (Phi) is 10.0. The fourth-order valence-electron chi connectivity index (χ4n) is 3.91. The number of ether oxygens (including phenoxy) is 1. The van der Waals surface area contributed by atoms with Gasteiger partial charge >= 0.3 is 0 Å². The zero-order valence-electron chi connectivity index (χ0n) is 20.8. The molecule has 1 amide bonds. The number of carbonyl (C=O) groups is 1. The van der Waals surface area contributed by atoms with Gasteiger partial charge in [-0.05, 0) is 54.8 Å². The number of halogens is 3. The quantitative estimate of drug-likeness (QED) is 0.145. The van der Waals surface area contributed by atoms with Crippen LogP contribution in [0, 0.1) is 5.82 Å². The Balaban J connectivity index is 1.37. The minimum atomic E-state index is -0.374. The van der Waals surface area contributed by atoms with Crippen LogP contribution in [-0.4, -0.2) is 27.8 Å². The lowest BCUT2D eigenvalue weighted by Gasteiger charge is -2.11. The van der Waals surface area contributed by atoms with E-state index in [9.17, 15) is 9.18 Å². The summed E-state index contributed by atoms with van der Waals surface area (Å²) >= 11 is 13.9. The van der Waals surface area contributed by atoms with E-state index in [2.05, 4.69) is 15.5 Å². The van der Waals surface area contributed by atoms with E-state index in [0.717, 1.165) is 34.8 Å². The number of nitrogens with zero attached hydrogens (tertiary/aromatic N) is 3. The summed E-state index contributed by atoms with van der Waals surface area (Å²) in [5, 5.41) is 13.4. The molecule has 0 aliphatic heterocycles. The molecule has 0 saturated heterocycles. The van der Waals surface area contributed by atoms with Crippen LogP contribution in [0.1, 0.15) is 36.2 Å². The molecule has 198 valence electrons. The summed E-state index contributed by atoms with van der Waals surface area (Å²) in [5.41, 5.74) is 2.59. The van der Waals surface area contributed by atoms with E-state index < -0.39 is 0 Å². The molecule has 38 heavy (non-hydrogen) atoms. The normalized spacial score (nSPS) is 10.9. The summed E-state index contributed by atoms with van der Waals surface area (Å²) in [7, 11) is 1.62. The van der Waals surface area contributed by atoms with Crippen LogP contribution in [0.4, 0.5) is 4.39 Å². The molecule has 0 saturated carbocycles. The number of carbonyl (C=O) groups excluding carboxylic acids is 1. The largest absolute Gasteiger partial charge is 0.496 e. The van der Waals surface area contributed by atoms with Crippen LogP contribution >= 0.6 is 35.0 Å². The van der Waals surface area contributed by atoms with Crippen LogP contribution in [0.3, 0.4) is 0 Å². The standard InChI is InChI=1S/C28H27Cl2FN4O2S/c1-37-25-10-3-2-7-19(25)17-32-27(36)12-5-4-11-26-33-34-28(35(26)23-9-6-8-21(29)15-23)38-18-20-13-14-22(31)16-24(20)30/h2-3,6-10,13-16H,4-5,11-12,17-18H2,1H3,(H,32,36). The number of benzene rings is 3. The summed E-state index contributed by atoms with van der Waals surface area (Å²) in [6.45, 7) is 0.421. The number of methoxy groups -OCH3 is 1. The molecule has 0 atom stereocenters. The van der Waals surface area contributed by atoms with Crippen molar-refractivity contribution in [1.82, 2.24) is 20.1 Å². The number of para-hydroxylation sites is 1. The molecule has 10 heteroatoms. The first-order valence-electron chi connectivity index (χ1n) is 12.1. The van der Waals surface area contributed by atoms with E-state index in [4.69, 9.17) is 27.9 Å². The van der Waals surface area contributed by atoms with Crippen LogP contribution in [0.25, 0.3) is 5.69 Å². The number of aromatic nitrogens is 3. The highest BCUT2D eigenvalue weighted by molar-refractivity contribution is 7.98. The van der Waals surface area contributed by atoms with Crippen molar-refractivity contribution in [2.45, 2.75) is 43.1 Å². The van der Waals surface area contributed by atoms with Crippen molar-refractivity contribution in [2.75, 3.05) is 7.11 Å². The summed E-state index contributed by atoms with van der Waals surface area (Å²) in [5.74, 6) is 1.64. The van der Waals surface area contributed by atoms with Gasteiger partial charge < -0.3 is 10.1 Å². The number of nitrogens with one attached hydrogen (secondary N) is 1. The molecule has 0 spiro atoms. The van der Waals surface area contributed by atoms with Crippen LogP contribution < -0.4 is 10.1 Å². The number of unbranched alkanes of at least 4 members (excludes halogenated alkanes) is 1. The lowest BCUT2D eigenvalue weighted by atomic mass is 10.1. The third-order valence-corrected chi connectivity index (χ3v) is 7.43. The van der Waals surface area contributed by atoms with Gasteiger partial charge in [0.2, 0.25) is 5.91 Å². The summed E-state index contributed by atoms with van der Waals surface area (Å²) < 4.78 is 20.7. The summed E-state index contributed by atoms with van der Waals surface area (Å²) in [4.78, 5) is 12.4. The van der Waals surface area contributed by atoms with Crippen LogP contribution in [0.15, 0.2) is 71.9 Å². The van der Waals surface area contributed by atoms with Gasteiger partial charge in [-0.25, -0.2) is 4.39 Å². The molecular formula is C28H27Cl2FN4O2S. The number of aryl methyl sites for hydroxylation is 1. The molecule has 1 aromatic heterocycles. The van der Waals surface area contributed by atoms with Crippen molar-refractivity contribution in [2.24, 2.45) is 0 Å². The molecular weight excluding hydrogens is 546 g/mol. The predicted octanol–water partition coefficient (Wildman–Crippen LogP) is 7.04. The van der Waals surface area contributed by atoms with Gasteiger partial charge in [-0.2, -0.15) is 0 Å². The highest BCUT2D eigenvalue weighted by atomic mass is 35.5. The Morgan fingerprint density at radius 3 is 2.66 bits per heavy atom. The second kappa shape index (κ2) is 13.6. The van der Waals surface area contributed by atoms with Crippen molar-refractivity contribution < 1.29 is 13.9 Å². The molecule has 0 radical (unpaired) electrons. The van der Waals surface area contributed by atoms with Crippen molar-refractivity contribution in [1.29, 1.82) is 0 Å². The first kappa shape index (κ1) is 28.0. The molecule has 1 N–H and O–H groups in total. The lowest BCUT2D eigenvalue weighted by Crippen LogP contribution is -2.22. The SMILES string of the molecule is COc1ccccc1CNC(=O)CCCCc1nnc(SCc2ccc(F)cc2Cl)n1-c1cccc(Cl)c1. The molecule has 4 aromatic rings. The zero-order chi connectivity index (χ0) is 26.9. The Hall–Kier alpha value is -3.07. The topological polar surface area (TPSA) is 69.0 Å². The minimum Gasteiger partial charge on any atom is -0.496 e. The molecule has 6 nitrogen and oxygen atoms in total. The van der Waals surface area contributed by atoms with Crippen LogP contribution in [0.5, 0.6) is 5.75 Å². The van der Waals surface area contributed by atoms with Crippen molar-refractivity contribution >= 4 is 40.9 Å². The Labute approximate surface area is 235 Å². The van der Waals surface area contributed by atoms with E-state index in [1.807, 2.05) is 53.1 Å². The van der Waals surface area contributed by atoms with Crippen molar-refractivity contribution in [3.05, 3.63) is 99.5 Å². The first-order chi connectivity index (χ1) is 18.4. The third-order valence-electron chi connectivity index (χ3n) is 5.86. The predicted molar refractivity (Wildman–Crippen MR) is 150 cm³/mol. The first-order valence-corrected chi connectivity index (χ1v) is 13.8. The maximum Gasteiger partial charge on any atom is 0.220 e. The Bertz CT molecular complexity index is 1400. The molecule has 0 bridgehead atoms. The average Bonchev–Trinajstić information content (AvgIpc) is 3.32. The van der Waals surface area contributed by atoms with Crippen LogP contribution in [0.2, 0.25) is 10.0 Å². The van der Waals surface area contributed by atoms with Gasteiger partial charge in [0, 0.05) is 40.7 Å². The molecule has 3 aromatic carbocycles. The van der Waals surface area contributed by atoms with Crippen molar-refractivity contribution in [3.63, 3.8) is 0 Å². The fraction of sp³-hybridized carbons (Fsp3) is 0.250. The fourth-order valence-corrected chi connectivity index (χ4v) is 5.38. The van der Waals surface area contributed by atoms with Gasteiger partial charge in [0.15, 0.2) is 5.16 Å². The van der Waals surface area contributed by atoms with Gasteiger partial charge in [0.25, 0.3) is 0 Å². The van der Waals surface area contributed by atoms with E-state index in [1.54, 1.807) is 13.2 Å². The number of thioether (sulfide) groups is 1. The Morgan fingerprint density at radius 2 is 1.87 bits per heavy atom. The third kappa shape index (κ3) is 7.49. The smallest absolute Gasteiger partial charge is 0.220 e. The highest BCUT2D eigenvalue weighted by Gasteiger charge is 2.16. The second-order valence-electron chi connectivity index (χ2n) is 8.53.